The second-order valence-electron chi connectivity index (χ2n) is 6.35. The predicted molar refractivity (Wildman–Crippen MR) is 115 cm³/mol. The number of hydrogen-bond acceptors (Lipinski definition) is 4. The maximum absolute atomic E-state index is 12.0. The largest absolute Gasteiger partial charge is 0.453 e. The van der Waals surface area contributed by atoms with E-state index >= 15 is 0 Å². The van der Waals surface area contributed by atoms with Crippen LogP contribution < -0.4 is 10.1 Å². The second-order valence-corrected chi connectivity index (χ2v) is 8.30. The zero-order valence-corrected chi connectivity index (χ0v) is 16.3. The number of sulfone groups is 1. The summed E-state index contributed by atoms with van der Waals surface area (Å²) in [5.74, 6) is 1.76. The molecule has 5 heteroatoms. The molecule has 4 nitrogen and oxygen atoms in total. The van der Waals surface area contributed by atoms with Crippen molar-refractivity contribution in [3.05, 3.63) is 109 Å². The molecule has 1 heterocycles. The van der Waals surface area contributed by atoms with Gasteiger partial charge in [0, 0.05) is 0 Å². The molecule has 0 radical (unpaired) electrons. The fourth-order valence-electron chi connectivity index (χ4n) is 2.92. The first-order valence-corrected chi connectivity index (χ1v) is 10.6. The van der Waals surface area contributed by atoms with E-state index in [-0.39, 0.29) is 0 Å². The van der Waals surface area contributed by atoms with Gasteiger partial charge in [-0.05, 0) is 48.5 Å². The summed E-state index contributed by atoms with van der Waals surface area (Å²) >= 11 is 0. The van der Waals surface area contributed by atoms with E-state index in [2.05, 4.69) is 5.32 Å². The van der Waals surface area contributed by atoms with Crippen LogP contribution in [0, 0.1) is 0 Å². The Balaban J connectivity index is 0.000000141. The van der Waals surface area contributed by atoms with E-state index in [0.29, 0.717) is 9.79 Å². The van der Waals surface area contributed by atoms with Gasteiger partial charge in [-0.1, -0.05) is 60.7 Å². The average molecular weight is 401 g/mol. The molecule has 5 rings (SSSR count). The van der Waals surface area contributed by atoms with Crippen LogP contribution in [0.5, 0.6) is 11.5 Å². The maximum Gasteiger partial charge on any atom is 0.206 e. The summed E-state index contributed by atoms with van der Waals surface area (Å²) in [5.41, 5.74) is 2.04. The molecule has 0 saturated carbocycles. The fraction of sp³-hybridized carbons (Fsp3) is 0. The molecule has 0 aliphatic carbocycles. The molecular weight excluding hydrogens is 382 g/mol. The van der Waals surface area contributed by atoms with Crippen molar-refractivity contribution in [2.24, 2.45) is 0 Å². The van der Waals surface area contributed by atoms with Crippen LogP contribution in [0.25, 0.3) is 0 Å². The van der Waals surface area contributed by atoms with Crippen molar-refractivity contribution in [3.8, 4) is 11.5 Å². The van der Waals surface area contributed by atoms with Gasteiger partial charge in [0.15, 0.2) is 11.5 Å². The monoisotopic (exact) mass is 401 g/mol. The van der Waals surface area contributed by atoms with Gasteiger partial charge in [-0.15, -0.1) is 0 Å². The Hall–Kier alpha value is -3.57. The van der Waals surface area contributed by atoms with Crippen LogP contribution in [-0.2, 0) is 9.84 Å². The first-order valence-electron chi connectivity index (χ1n) is 9.13. The summed E-state index contributed by atoms with van der Waals surface area (Å²) in [6, 6.07) is 32.7. The molecule has 1 N–H and O–H groups in total. The zero-order chi connectivity index (χ0) is 20.1. The highest BCUT2D eigenvalue weighted by atomic mass is 32.2. The van der Waals surface area contributed by atoms with Gasteiger partial charge >= 0.3 is 0 Å². The number of hydrogen-bond donors (Lipinski definition) is 1. The molecule has 0 unspecified atom stereocenters. The standard InChI is InChI=1S/C12H9NO.C12H10O2S/c1-3-7-11-9(5-1)13-10-6-2-4-8-12(10)14-11;13-15(14,11-7-3-1-4-8-11)12-9-5-2-6-10-12/h1-8,13H;1-10H. The molecule has 0 fully saturated rings. The Kier molecular flexibility index (Phi) is 5.31. The normalized spacial score (nSPS) is 11.6. The van der Waals surface area contributed by atoms with E-state index in [0.717, 1.165) is 22.9 Å². The van der Waals surface area contributed by atoms with Crippen LogP contribution in [0.2, 0.25) is 0 Å². The molecule has 1 aliphatic rings. The van der Waals surface area contributed by atoms with Gasteiger partial charge in [-0.3, -0.25) is 0 Å². The third kappa shape index (κ3) is 4.15. The molecule has 0 atom stereocenters. The van der Waals surface area contributed by atoms with Gasteiger partial charge in [0.1, 0.15) is 0 Å². The third-order valence-corrected chi connectivity index (χ3v) is 6.16. The molecule has 0 bridgehead atoms. The quantitative estimate of drug-likeness (QED) is 0.391. The zero-order valence-electron chi connectivity index (χ0n) is 15.5. The van der Waals surface area contributed by atoms with Crippen LogP contribution in [0.3, 0.4) is 0 Å². The van der Waals surface area contributed by atoms with E-state index in [1.165, 1.54) is 0 Å². The number of benzene rings is 4. The third-order valence-electron chi connectivity index (χ3n) is 4.37. The second kappa shape index (κ2) is 8.20. The number of ether oxygens (including phenoxy) is 1. The van der Waals surface area contributed by atoms with Gasteiger partial charge in [0.25, 0.3) is 0 Å². The molecule has 29 heavy (non-hydrogen) atoms. The molecule has 4 aromatic carbocycles. The molecule has 0 spiro atoms. The van der Waals surface area contributed by atoms with E-state index < -0.39 is 9.84 Å². The van der Waals surface area contributed by atoms with Crippen molar-refractivity contribution in [1.82, 2.24) is 0 Å². The minimum absolute atomic E-state index is 0.330. The van der Waals surface area contributed by atoms with Crippen LogP contribution in [0.1, 0.15) is 0 Å². The van der Waals surface area contributed by atoms with Crippen molar-refractivity contribution >= 4 is 21.2 Å². The number of fused-ring (bicyclic) bond motifs is 2. The van der Waals surface area contributed by atoms with Crippen LogP contribution in [0.15, 0.2) is 119 Å². The van der Waals surface area contributed by atoms with Gasteiger partial charge in [0.05, 0.1) is 21.2 Å². The Morgan fingerprint density at radius 1 is 0.517 bits per heavy atom. The smallest absolute Gasteiger partial charge is 0.206 e. The van der Waals surface area contributed by atoms with Crippen molar-refractivity contribution < 1.29 is 13.2 Å². The lowest BCUT2D eigenvalue weighted by Gasteiger charge is -2.20. The lowest BCUT2D eigenvalue weighted by atomic mass is 10.2. The predicted octanol–water partition coefficient (Wildman–Crippen LogP) is 6.06. The molecule has 0 aromatic heterocycles. The molecule has 1 aliphatic heterocycles. The summed E-state index contributed by atoms with van der Waals surface area (Å²) in [5, 5.41) is 3.32. The minimum Gasteiger partial charge on any atom is -0.453 e. The van der Waals surface area contributed by atoms with Crippen molar-refractivity contribution in [2.75, 3.05) is 5.32 Å². The van der Waals surface area contributed by atoms with Gasteiger partial charge in [-0.2, -0.15) is 0 Å². The Labute approximate surface area is 170 Å². The summed E-state index contributed by atoms with van der Waals surface area (Å²) in [6.45, 7) is 0. The summed E-state index contributed by atoms with van der Waals surface area (Å²) < 4.78 is 29.8. The summed E-state index contributed by atoms with van der Waals surface area (Å²) in [7, 11) is -3.34. The molecule has 0 amide bonds. The molecular formula is C24H19NO3S. The topological polar surface area (TPSA) is 55.4 Å². The lowest BCUT2D eigenvalue weighted by molar-refractivity contribution is 0.481. The molecule has 0 saturated heterocycles. The number of nitrogens with one attached hydrogen (secondary N) is 1. The highest BCUT2D eigenvalue weighted by Crippen LogP contribution is 2.40. The van der Waals surface area contributed by atoms with E-state index in [4.69, 9.17) is 4.74 Å². The van der Waals surface area contributed by atoms with Crippen LogP contribution in [0.4, 0.5) is 11.4 Å². The van der Waals surface area contributed by atoms with E-state index in [1.807, 2.05) is 48.5 Å². The SMILES string of the molecule is O=S(=O)(c1ccccc1)c1ccccc1.c1ccc2c(c1)Nc1ccccc1O2. The number of para-hydroxylation sites is 4. The van der Waals surface area contributed by atoms with Gasteiger partial charge in [0.2, 0.25) is 9.84 Å². The first-order chi connectivity index (χ1) is 14.1. The van der Waals surface area contributed by atoms with Crippen LogP contribution >= 0.6 is 0 Å². The number of anilines is 2. The van der Waals surface area contributed by atoms with Gasteiger partial charge in [-0.25, -0.2) is 8.42 Å². The molecule has 144 valence electrons. The average Bonchev–Trinajstić information content (AvgIpc) is 2.79. The summed E-state index contributed by atoms with van der Waals surface area (Å²) in [4.78, 5) is 0.660. The minimum atomic E-state index is -3.34. The van der Waals surface area contributed by atoms with Crippen molar-refractivity contribution in [1.29, 1.82) is 0 Å². The van der Waals surface area contributed by atoms with Gasteiger partial charge < -0.3 is 10.1 Å². The Morgan fingerprint density at radius 3 is 1.34 bits per heavy atom. The van der Waals surface area contributed by atoms with Crippen molar-refractivity contribution in [2.45, 2.75) is 9.79 Å². The highest BCUT2D eigenvalue weighted by Gasteiger charge is 2.16. The highest BCUT2D eigenvalue weighted by molar-refractivity contribution is 7.91. The van der Waals surface area contributed by atoms with Crippen molar-refractivity contribution in [3.63, 3.8) is 0 Å². The lowest BCUT2D eigenvalue weighted by Crippen LogP contribution is -2.01. The molecule has 4 aromatic rings. The van der Waals surface area contributed by atoms with E-state index in [1.54, 1.807) is 60.7 Å². The van der Waals surface area contributed by atoms with Crippen LogP contribution in [-0.4, -0.2) is 8.42 Å². The summed E-state index contributed by atoms with van der Waals surface area (Å²) in [6.07, 6.45) is 0. The Morgan fingerprint density at radius 2 is 0.897 bits per heavy atom. The first kappa shape index (κ1) is 18.8. The number of rotatable bonds is 2. The fourth-order valence-corrected chi connectivity index (χ4v) is 4.22. The Bertz CT molecular complexity index is 1070. The van der Waals surface area contributed by atoms with E-state index in [9.17, 15) is 8.42 Å². The maximum atomic E-state index is 12.0.